The lowest BCUT2D eigenvalue weighted by atomic mass is 10.1. The summed E-state index contributed by atoms with van der Waals surface area (Å²) in [5.41, 5.74) is 3.58. The summed E-state index contributed by atoms with van der Waals surface area (Å²) in [5, 5.41) is 1.03. The van der Waals surface area contributed by atoms with Crippen LogP contribution in [-0.2, 0) is 19.5 Å². The smallest absolute Gasteiger partial charge is 0.123 e. The molecule has 0 fully saturated rings. The maximum Gasteiger partial charge on any atom is 0.123 e. The number of halogens is 1. The number of aryl methyl sites for hydroxylation is 2. The number of aromatic nitrogens is 3. The molecule has 5 heteroatoms. The van der Waals surface area contributed by atoms with Crippen LogP contribution in [0.3, 0.4) is 0 Å². The lowest BCUT2D eigenvalue weighted by molar-refractivity contribution is 0.258. The lowest BCUT2D eigenvalue weighted by Gasteiger charge is -2.20. The molecule has 23 heavy (non-hydrogen) atoms. The van der Waals surface area contributed by atoms with Gasteiger partial charge in [-0.05, 0) is 50.1 Å². The Morgan fingerprint density at radius 1 is 1.30 bits per heavy atom. The van der Waals surface area contributed by atoms with Crippen LogP contribution < -0.4 is 0 Å². The molecule has 0 atom stereocenters. The molecule has 0 radical (unpaired) electrons. The van der Waals surface area contributed by atoms with Gasteiger partial charge in [-0.15, -0.1) is 0 Å². The van der Waals surface area contributed by atoms with E-state index < -0.39 is 0 Å². The van der Waals surface area contributed by atoms with E-state index in [9.17, 15) is 4.39 Å². The highest BCUT2D eigenvalue weighted by atomic mass is 19.1. The van der Waals surface area contributed by atoms with Gasteiger partial charge in [0.05, 0.1) is 0 Å². The largest absolute Gasteiger partial charge is 0.358 e. The van der Waals surface area contributed by atoms with Crippen molar-refractivity contribution in [3.63, 3.8) is 0 Å². The number of hydrogen-bond acceptors (Lipinski definition) is 2. The predicted octanol–water partition coefficient (Wildman–Crippen LogP) is 3.26. The van der Waals surface area contributed by atoms with Crippen molar-refractivity contribution in [1.29, 1.82) is 0 Å². The molecular weight excluding hydrogens is 291 g/mol. The number of aromatic amines is 1. The highest BCUT2D eigenvalue weighted by Crippen LogP contribution is 2.28. The minimum atomic E-state index is -0.163. The third-order valence-electron chi connectivity index (χ3n) is 4.82. The average Bonchev–Trinajstić information content (AvgIpc) is 3.02. The normalized spacial score (nSPS) is 15.7. The lowest BCUT2D eigenvalue weighted by Crippen LogP contribution is -2.27. The molecule has 120 valence electrons. The van der Waals surface area contributed by atoms with E-state index in [1.165, 1.54) is 17.3 Å². The summed E-state index contributed by atoms with van der Waals surface area (Å²) < 4.78 is 15.8. The molecule has 4 rings (SSSR count). The highest BCUT2D eigenvalue weighted by Gasteiger charge is 2.19. The van der Waals surface area contributed by atoms with Gasteiger partial charge in [-0.2, -0.15) is 0 Å². The van der Waals surface area contributed by atoms with Gasteiger partial charge in [-0.25, -0.2) is 9.37 Å². The van der Waals surface area contributed by atoms with E-state index in [4.69, 9.17) is 0 Å². The van der Waals surface area contributed by atoms with Gasteiger partial charge in [0.15, 0.2) is 0 Å². The topological polar surface area (TPSA) is 36.9 Å². The minimum absolute atomic E-state index is 0.163. The van der Waals surface area contributed by atoms with E-state index in [0.29, 0.717) is 0 Å². The number of nitrogens with zero attached hydrogens (tertiary/aromatic N) is 3. The van der Waals surface area contributed by atoms with E-state index in [2.05, 4.69) is 19.4 Å². The molecule has 1 aromatic carbocycles. The van der Waals surface area contributed by atoms with Crippen molar-refractivity contribution in [3.05, 3.63) is 53.5 Å². The van der Waals surface area contributed by atoms with Crippen LogP contribution in [0.5, 0.6) is 0 Å². The van der Waals surface area contributed by atoms with Gasteiger partial charge < -0.3 is 9.55 Å². The monoisotopic (exact) mass is 312 g/mol. The first-order valence-corrected chi connectivity index (χ1v) is 8.20. The quantitative estimate of drug-likeness (QED) is 0.806. The molecule has 0 amide bonds. The van der Waals surface area contributed by atoms with Gasteiger partial charge in [0.2, 0.25) is 0 Å². The van der Waals surface area contributed by atoms with E-state index in [-0.39, 0.29) is 5.82 Å². The Labute approximate surface area is 134 Å². The summed E-state index contributed by atoms with van der Waals surface area (Å²) in [5.74, 6) is 0.888. The van der Waals surface area contributed by atoms with Crippen LogP contribution in [0.15, 0.2) is 30.6 Å². The van der Waals surface area contributed by atoms with Crippen molar-refractivity contribution in [1.82, 2.24) is 19.4 Å². The molecule has 0 saturated carbocycles. The Hall–Kier alpha value is -2.14. The van der Waals surface area contributed by atoms with Crippen molar-refractivity contribution in [2.75, 3.05) is 13.1 Å². The molecule has 0 saturated heterocycles. The predicted molar refractivity (Wildman–Crippen MR) is 88.8 cm³/mol. The summed E-state index contributed by atoms with van der Waals surface area (Å²) in [6.45, 7) is 5.92. The van der Waals surface area contributed by atoms with Crippen LogP contribution in [0.25, 0.3) is 10.9 Å². The molecule has 2 aromatic heterocycles. The molecule has 0 unspecified atom stereocenters. The van der Waals surface area contributed by atoms with E-state index in [1.54, 1.807) is 6.07 Å². The Morgan fingerprint density at radius 2 is 2.22 bits per heavy atom. The van der Waals surface area contributed by atoms with Crippen molar-refractivity contribution >= 4 is 10.9 Å². The zero-order chi connectivity index (χ0) is 15.8. The Bertz CT molecular complexity index is 833. The first-order valence-electron chi connectivity index (χ1n) is 8.20. The summed E-state index contributed by atoms with van der Waals surface area (Å²) in [6, 6.07) is 5.03. The zero-order valence-electron chi connectivity index (χ0n) is 13.3. The summed E-state index contributed by atoms with van der Waals surface area (Å²) >= 11 is 0. The third kappa shape index (κ3) is 2.77. The fourth-order valence-electron chi connectivity index (χ4n) is 3.53. The standard InChI is InChI=1S/C18H21FN4/c1-13-20-6-8-23(13)10-9-22-7-2-3-17-16(12-22)15-11-14(19)4-5-18(15)21-17/h4-6,8,11,21H,2-3,7,9-10,12H2,1H3. The Morgan fingerprint density at radius 3 is 3.04 bits per heavy atom. The van der Waals surface area contributed by atoms with Crippen LogP contribution in [-0.4, -0.2) is 32.5 Å². The van der Waals surface area contributed by atoms with Crippen LogP contribution in [0.4, 0.5) is 4.39 Å². The molecule has 1 N–H and O–H groups in total. The van der Waals surface area contributed by atoms with Gasteiger partial charge in [0, 0.05) is 48.6 Å². The van der Waals surface area contributed by atoms with Crippen LogP contribution >= 0.6 is 0 Å². The first-order chi connectivity index (χ1) is 11.2. The summed E-state index contributed by atoms with van der Waals surface area (Å²) in [7, 11) is 0. The van der Waals surface area contributed by atoms with Crippen LogP contribution in [0.1, 0.15) is 23.5 Å². The second-order valence-electron chi connectivity index (χ2n) is 6.32. The molecule has 0 spiro atoms. The van der Waals surface area contributed by atoms with Crippen molar-refractivity contribution in [2.24, 2.45) is 0 Å². The number of hydrogen-bond donors (Lipinski definition) is 1. The van der Waals surface area contributed by atoms with Gasteiger partial charge in [0.1, 0.15) is 11.6 Å². The SMILES string of the molecule is Cc1nccn1CCN1CCCc2[nH]c3ccc(F)cc3c2C1. The highest BCUT2D eigenvalue weighted by molar-refractivity contribution is 5.84. The number of rotatable bonds is 3. The maximum atomic E-state index is 13.6. The molecule has 4 nitrogen and oxygen atoms in total. The number of nitrogens with one attached hydrogen (secondary N) is 1. The van der Waals surface area contributed by atoms with Gasteiger partial charge in [-0.1, -0.05) is 0 Å². The second kappa shape index (κ2) is 5.81. The average molecular weight is 312 g/mol. The number of fused-ring (bicyclic) bond motifs is 3. The molecule has 1 aliphatic rings. The molecule has 3 aromatic rings. The maximum absolute atomic E-state index is 13.6. The van der Waals surface area contributed by atoms with Crippen molar-refractivity contribution in [3.8, 4) is 0 Å². The van der Waals surface area contributed by atoms with E-state index >= 15 is 0 Å². The van der Waals surface area contributed by atoms with Crippen molar-refractivity contribution in [2.45, 2.75) is 32.9 Å². The fraction of sp³-hybridized carbons (Fsp3) is 0.389. The van der Waals surface area contributed by atoms with Gasteiger partial charge >= 0.3 is 0 Å². The molecule has 1 aliphatic heterocycles. The number of imidazole rings is 1. The number of H-pyrrole nitrogens is 1. The van der Waals surface area contributed by atoms with Gasteiger partial charge in [-0.3, -0.25) is 4.90 Å². The third-order valence-corrected chi connectivity index (χ3v) is 4.82. The van der Waals surface area contributed by atoms with Gasteiger partial charge in [0.25, 0.3) is 0 Å². The molecule has 3 heterocycles. The summed E-state index contributed by atoms with van der Waals surface area (Å²) in [6.07, 6.45) is 6.04. The van der Waals surface area contributed by atoms with E-state index in [0.717, 1.165) is 55.7 Å². The summed E-state index contributed by atoms with van der Waals surface area (Å²) in [4.78, 5) is 10.2. The first kappa shape index (κ1) is 14.5. The van der Waals surface area contributed by atoms with E-state index in [1.807, 2.05) is 25.4 Å². The van der Waals surface area contributed by atoms with Crippen molar-refractivity contribution < 1.29 is 4.39 Å². The van der Waals surface area contributed by atoms with Crippen LogP contribution in [0.2, 0.25) is 0 Å². The Balaban J connectivity index is 1.57. The second-order valence-corrected chi connectivity index (χ2v) is 6.32. The fourth-order valence-corrected chi connectivity index (χ4v) is 3.53. The molecular formula is C18H21FN4. The van der Waals surface area contributed by atoms with Crippen LogP contribution in [0, 0.1) is 12.7 Å². The zero-order valence-corrected chi connectivity index (χ0v) is 13.3. The Kier molecular flexibility index (Phi) is 3.65. The minimum Gasteiger partial charge on any atom is -0.358 e. The molecule has 0 aliphatic carbocycles. The molecule has 0 bridgehead atoms. The number of benzene rings is 1.